The molecular weight excluding hydrogens is 319 g/mol. The van der Waals surface area contributed by atoms with Crippen molar-refractivity contribution < 1.29 is 13.9 Å². The first kappa shape index (κ1) is 17.4. The van der Waals surface area contributed by atoms with Gasteiger partial charge in [-0.05, 0) is 35.4 Å². The van der Waals surface area contributed by atoms with Crippen LogP contribution in [0, 0.1) is 5.82 Å². The maximum atomic E-state index is 12.9. The second kappa shape index (κ2) is 8.12. The van der Waals surface area contributed by atoms with Crippen LogP contribution < -0.4 is 4.90 Å². The van der Waals surface area contributed by atoms with E-state index < -0.39 is 0 Å². The largest absolute Gasteiger partial charge is 0.378 e. The Bertz CT molecular complexity index is 695. The molecule has 1 heterocycles. The molecule has 25 heavy (non-hydrogen) atoms. The Hall–Kier alpha value is -2.40. The monoisotopic (exact) mass is 342 g/mol. The van der Waals surface area contributed by atoms with Gasteiger partial charge in [0, 0.05) is 32.4 Å². The van der Waals surface area contributed by atoms with Gasteiger partial charge in [0.25, 0.3) is 0 Å². The Labute approximate surface area is 147 Å². The molecule has 0 atom stereocenters. The highest BCUT2D eigenvalue weighted by Crippen LogP contribution is 2.17. The predicted octanol–water partition coefficient (Wildman–Crippen LogP) is 2.86. The number of rotatable bonds is 5. The van der Waals surface area contributed by atoms with Crippen LogP contribution in [0.5, 0.6) is 0 Å². The molecule has 0 N–H and O–H groups in total. The van der Waals surface area contributed by atoms with Gasteiger partial charge in [-0.2, -0.15) is 0 Å². The molecule has 1 aliphatic heterocycles. The fourth-order valence-electron chi connectivity index (χ4n) is 2.91. The molecule has 4 nitrogen and oxygen atoms in total. The average Bonchev–Trinajstić information content (AvgIpc) is 2.65. The number of halogens is 1. The maximum absolute atomic E-state index is 12.9. The number of likely N-dealkylation sites (N-methyl/N-ethyl adjacent to an activating group) is 1. The summed E-state index contributed by atoms with van der Waals surface area (Å²) in [6.07, 6.45) is 0.280. The number of amides is 1. The fourth-order valence-corrected chi connectivity index (χ4v) is 2.91. The lowest BCUT2D eigenvalue weighted by molar-refractivity contribution is -0.129. The summed E-state index contributed by atoms with van der Waals surface area (Å²) in [6, 6.07) is 14.4. The number of carbonyl (C=O) groups is 1. The summed E-state index contributed by atoms with van der Waals surface area (Å²) in [5.41, 5.74) is 3.10. The first-order chi connectivity index (χ1) is 12.1. The zero-order valence-electron chi connectivity index (χ0n) is 14.5. The van der Waals surface area contributed by atoms with E-state index >= 15 is 0 Å². The third-order valence-corrected chi connectivity index (χ3v) is 4.43. The summed E-state index contributed by atoms with van der Waals surface area (Å²) in [5.74, 6) is -0.270. The van der Waals surface area contributed by atoms with Crippen LogP contribution >= 0.6 is 0 Å². The number of anilines is 1. The van der Waals surface area contributed by atoms with Gasteiger partial charge in [-0.3, -0.25) is 4.79 Å². The highest BCUT2D eigenvalue weighted by Gasteiger charge is 2.13. The molecule has 0 aromatic heterocycles. The van der Waals surface area contributed by atoms with Crippen LogP contribution in [-0.2, 0) is 22.5 Å². The number of hydrogen-bond acceptors (Lipinski definition) is 3. The maximum Gasteiger partial charge on any atom is 0.227 e. The van der Waals surface area contributed by atoms with E-state index in [1.54, 1.807) is 24.1 Å². The summed E-state index contributed by atoms with van der Waals surface area (Å²) in [6.45, 7) is 3.92. The van der Waals surface area contributed by atoms with Crippen molar-refractivity contribution in [2.75, 3.05) is 38.3 Å². The molecule has 0 spiro atoms. The first-order valence-corrected chi connectivity index (χ1v) is 8.52. The van der Waals surface area contributed by atoms with Crippen molar-refractivity contribution in [2.45, 2.75) is 13.0 Å². The van der Waals surface area contributed by atoms with Gasteiger partial charge in [-0.1, -0.05) is 24.3 Å². The summed E-state index contributed by atoms with van der Waals surface area (Å²) in [4.78, 5) is 16.3. The number of carbonyl (C=O) groups excluding carboxylic acids is 1. The molecule has 5 heteroatoms. The van der Waals surface area contributed by atoms with Crippen LogP contribution in [0.3, 0.4) is 0 Å². The van der Waals surface area contributed by atoms with Crippen molar-refractivity contribution in [2.24, 2.45) is 0 Å². The van der Waals surface area contributed by atoms with Crippen LogP contribution in [0.25, 0.3) is 0 Å². The Morgan fingerprint density at radius 3 is 2.28 bits per heavy atom. The van der Waals surface area contributed by atoms with Crippen molar-refractivity contribution in [3.05, 3.63) is 65.5 Å². The van der Waals surface area contributed by atoms with Gasteiger partial charge in [0.1, 0.15) is 5.82 Å². The zero-order valence-corrected chi connectivity index (χ0v) is 14.5. The van der Waals surface area contributed by atoms with E-state index in [-0.39, 0.29) is 18.1 Å². The minimum Gasteiger partial charge on any atom is -0.378 e. The van der Waals surface area contributed by atoms with Crippen LogP contribution in [0.4, 0.5) is 10.1 Å². The molecule has 132 valence electrons. The normalized spacial score (nSPS) is 14.4. The van der Waals surface area contributed by atoms with Crippen molar-refractivity contribution >= 4 is 11.6 Å². The van der Waals surface area contributed by atoms with Crippen molar-refractivity contribution in [1.82, 2.24) is 4.90 Å². The quantitative estimate of drug-likeness (QED) is 0.838. The van der Waals surface area contributed by atoms with Crippen LogP contribution in [0.15, 0.2) is 48.5 Å². The average molecular weight is 342 g/mol. The van der Waals surface area contributed by atoms with E-state index in [0.29, 0.717) is 6.54 Å². The Morgan fingerprint density at radius 2 is 1.64 bits per heavy atom. The molecule has 0 aliphatic carbocycles. The third kappa shape index (κ3) is 4.79. The molecule has 0 bridgehead atoms. The molecular formula is C20H23FN2O2. The molecule has 0 radical (unpaired) electrons. The van der Waals surface area contributed by atoms with Crippen LogP contribution in [-0.4, -0.2) is 44.2 Å². The lowest BCUT2D eigenvalue weighted by Gasteiger charge is -2.29. The molecule has 3 rings (SSSR count). The molecule has 0 unspecified atom stereocenters. The molecule has 1 fully saturated rings. The van der Waals surface area contributed by atoms with Gasteiger partial charge in [-0.25, -0.2) is 4.39 Å². The molecule has 0 saturated carbocycles. The summed E-state index contributed by atoms with van der Waals surface area (Å²) >= 11 is 0. The number of ether oxygens (including phenoxy) is 1. The van der Waals surface area contributed by atoms with E-state index in [9.17, 15) is 9.18 Å². The van der Waals surface area contributed by atoms with Gasteiger partial charge in [0.15, 0.2) is 0 Å². The van der Waals surface area contributed by atoms with Crippen molar-refractivity contribution in [3.8, 4) is 0 Å². The van der Waals surface area contributed by atoms with Gasteiger partial charge < -0.3 is 14.5 Å². The van der Waals surface area contributed by atoms with Gasteiger partial charge in [-0.15, -0.1) is 0 Å². The molecule has 2 aromatic rings. The van der Waals surface area contributed by atoms with E-state index in [2.05, 4.69) is 29.2 Å². The van der Waals surface area contributed by atoms with Gasteiger partial charge >= 0.3 is 0 Å². The van der Waals surface area contributed by atoms with E-state index in [1.165, 1.54) is 17.8 Å². The van der Waals surface area contributed by atoms with E-state index in [1.807, 2.05) is 0 Å². The SMILES string of the molecule is CN(Cc1ccc(N2CCOCC2)cc1)C(=O)Cc1ccc(F)cc1. The number of morpholine rings is 1. The molecule has 1 saturated heterocycles. The van der Waals surface area contributed by atoms with Crippen LogP contribution in [0.2, 0.25) is 0 Å². The molecule has 1 amide bonds. The zero-order chi connectivity index (χ0) is 17.6. The molecule has 2 aromatic carbocycles. The number of hydrogen-bond donors (Lipinski definition) is 0. The summed E-state index contributed by atoms with van der Waals surface area (Å²) in [5, 5.41) is 0. The first-order valence-electron chi connectivity index (χ1n) is 8.52. The minimum atomic E-state index is -0.287. The van der Waals surface area contributed by atoms with E-state index in [0.717, 1.165) is 37.4 Å². The lowest BCUT2D eigenvalue weighted by Crippen LogP contribution is -2.36. The second-order valence-electron chi connectivity index (χ2n) is 6.32. The van der Waals surface area contributed by atoms with Crippen LogP contribution in [0.1, 0.15) is 11.1 Å². The predicted molar refractivity (Wildman–Crippen MR) is 96.1 cm³/mol. The Balaban J connectivity index is 1.55. The number of benzene rings is 2. The summed E-state index contributed by atoms with van der Waals surface area (Å²) in [7, 11) is 1.79. The second-order valence-corrected chi connectivity index (χ2v) is 6.32. The Morgan fingerprint density at radius 1 is 1.04 bits per heavy atom. The van der Waals surface area contributed by atoms with Gasteiger partial charge in [0.05, 0.1) is 19.6 Å². The highest BCUT2D eigenvalue weighted by molar-refractivity contribution is 5.78. The standard InChI is InChI=1S/C20H23FN2O2/c1-22(20(24)14-16-2-6-18(21)7-3-16)15-17-4-8-19(9-5-17)23-10-12-25-13-11-23/h2-9H,10-15H2,1H3. The topological polar surface area (TPSA) is 32.8 Å². The van der Waals surface area contributed by atoms with Crippen molar-refractivity contribution in [3.63, 3.8) is 0 Å². The Kier molecular flexibility index (Phi) is 5.66. The van der Waals surface area contributed by atoms with E-state index in [4.69, 9.17) is 4.74 Å². The number of nitrogens with zero attached hydrogens (tertiary/aromatic N) is 2. The smallest absolute Gasteiger partial charge is 0.227 e. The lowest BCUT2D eigenvalue weighted by atomic mass is 10.1. The minimum absolute atomic E-state index is 0.0175. The summed E-state index contributed by atoms with van der Waals surface area (Å²) < 4.78 is 18.3. The third-order valence-electron chi connectivity index (χ3n) is 4.43. The van der Waals surface area contributed by atoms with Gasteiger partial charge in [0.2, 0.25) is 5.91 Å². The highest BCUT2D eigenvalue weighted by atomic mass is 19.1. The fraction of sp³-hybridized carbons (Fsp3) is 0.350. The molecule has 1 aliphatic rings. The van der Waals surface area contributed by atoms with Crippen molar-refractivity contribution in [1.29, 1.82) is 0 Å².